The van der Waals surface area contributed by atoms with Gasteiger partial charge in [0, 0.05) is 6.61 Å². The van der Waals surface area contributed by atoms with Crippen LogP contribution in [0.5, 0.6) is 0 Å². The third-order valence-electron chi connectivity index (χ3n) is 7.24. The molecule has 0 amide bonds. The van der Waals surface area contributed by atoms with E-state index in [-0.39, 0.29) is 5.60 Å². The minimum atomic E-state index is 0.146. The minimum absolute atomic E-state index is 0.146. The second-order valence-electron chi connectivity index (χ2n) is 8.09. The van der Waals surface area contributed by atoms with Gasteiger partial charge >= 0.3 is 0 Å². The summed E-state index contributed by atoms with van der Waals surface area (Å²) in [5.41, 5.74) is 1.30. The number of hydrogen-bond acceptors (Lipinski definition) is 1. The Hall–Kier alpha value is -0.0400. The molecule has 0 aliphatic heterocycles. The molecular weight excluding hydrogens is 220 g/mol. The van der Waals surface area contributed by atoms with Gasteiger partial charge in [-0.05, 0) is 74.5 Å². The third kappa shape index (κ3) is 1.38. The molecule has 3 aliphatic rings. The van der Waals surface area contributed by atoms with E-state index in [1.165, 1.54) is 32.1 Å². The Morgan fingerprint density at radius 1 is 1.06 bits per heavy atom. The predicted molar refractivity (Wildman–Crippen MR) is 75.5 cm³/mol. The van der Waals surface area contributed by atoms with Crippen LogP contribution in [0.2, 0.25) is 0 Å². The van der Waals surface area contributed by atoms with Crippen LogP contribution in [0.3, 0.4) is 0 Å². The first-order valence-corrected chi connectivity index (χ1v) is 8.01. The molecule has 3 aliphatic carbocycles. The molecule has 18 heavy (non-hydrogen) atoms. The molecule has 104 valence electrons. The van der Waals surface area contributed by atoms with Crippen LogP contribution < -0.4 is 0 Å². The molecule has 0 aromatic heterocycles. The van der Waals surface area contributed by atoms with Gasteiger partial charge in [-0.1, -0.05) is 20.8 Å². The maximum Gasteiger partial charge on any atom is 0.0688 e. The van der Waals surface area contributed by atoms with Crippen molar-refractivity contribution in [3.05, 3.63) is 0 Å². The number of rotatable bonds is 2. The van der Waals surface area contributed by atoms with Gasteiger partial charge < -0.3 is 4.74 Å². The predicted octanol–water partition coefficient (Wildman–Crippen LogP) is 4.65. The molecule has 1 nitrogen and oxygen atoms in total. The van der Waals surface area contributed by atoms with E-state index in [9.17, 15) is 0 Å². The van der Waals surface area contributed by atoms with Gasteiger partial charge in [-0.15, -0.1) is 0 Å². The average molecular weight is 250 g/mol. The van der Waals surface area contributed by atoms with E-state index in [1.54, 1.807) is 0 Å². The van der Waals surface area contributed by atoms with Crippen LogP contribution in [0.4, 0.5) is 0 Å². The molecular formula is C17H30O. The summed E-state index contributed by atoms with van der Waals surface area (Å²) in [7, 11) is 0. The summed E-state index contributed by atoms with van der Waals surface area (Å²) >= 11 is 0. The SMILES string of the molecule is CCO[C@]1(C)CC[C@@]23C[C@@H]1C(C)(C)[C@@H]2CC[C@H]3C. The Morgan fingerprint density at radius 3 is 2.44 bits per heavy atom. The standard InChI is InChI=1S/C17H30O/c1-6-18-16(5)9-10-17-11-14(16)15(3,4)13(17)8-7-12(17)2/h12-14H,6-11H2,1-5H3/t12-,13+,14-,16-,17+/m1/s1. The Kier molecular flexibility index (Phi) is 2.70. The molecule has 5 atom stereocenters. The van der Waals surface area contributed by atoms with Gasteiger partial charge in [0.05, 0.1) is 5.60 Å². The Labute approximate surface area is 113 Å². The summed E-state index contributed by atoms with van der Waals surface area (Å²) in [4.78, 5) is 0. The van der Waals surface area contributed by atoms with Gasteiger partial charge in [-0.3, -0.25) is 0 Å². The van der Waals surface area contributed by atoms with Crippen LogP contribution in [0.15, 0.2) is 0 Å². The average Bonchev–Trinajstić information content (AvgIpc) is 2.71. The van der Waals surface area contributed by atoms with Crippen molar-refractivity contribution in [1.82, 2.24) is 0 Å². The maximum atomic E-state index is 6.23. The van der Waals surface area contributed by atoms with Gasteiger partial charge in [-0.2, -0.15) is 0 Å². The van der Waals surface area contributed by atoms with Crippen LogP contribution in [-0.2, 0) is 4.74 Å². The normalized spacial score (nSPS) is 53.5. The maximum absolute atomic E-state index is 6.23. The summed E-state index contributed by atoms with van der Waals surface area (Å²) in [6.07, 6.45) is 7.06. The van der Waals surface area contributed by atoms with E-state index < -0.39 is 0 Å². The lowest BCUT2D eigenvalue weighted by atomic mass is 9.64. The van der Waals surface area contributed by atoms with Crippen molar-refractivity contribution >= 4 is 0 Å². The van der Waals surface area contributed by atoms with Crippen LogP contribution in [0, 0.1) is 28.6 Å². The molecule has 1 spiro atoms. The van der Waals surface area contributed by atoms with Gasteiger partial charge in [0.1, 0.15) is 0 Å². The molecule has 0 radical (unpaired) electrons. The molecule has 3 saturated carbocycles. The molecule has 0 aromatic carbocycles. The van der Waals surface area contributed by atoms with Crippen molar-refractivity contribution < 1.29 is 4.74 Å². The number of hydrogen-bond donors (Lipinski definition) is 0. The highest BCUT2D eigenvalue weighted by Gasteiger charge is 2.68. The van der Waals surface area contributed by atoms with Gasteiger partial charge in [-0.25, -0.2) is 0 Å². The second kappa shape index (κ2) is 3.75. The molecule has 0 heterocycles. The largest absolute Gasteiger partial charge is 0.375 e. The summed E-state index contributed by atoms with van der Waals surface area (Å²) in [5, 5.41) is 0. The summed E-state index contributed by atoms with van der Waals surface area (Å²) in [6.45, 7) is 13.0. The summed E-state index contributed by atoms with van der Waals surface area (Å²) < 4.78 is 6.23. The first-order valence-electron chi connectivity index (χ1n) is 8.01. The van der Waals surface area contributed by atoms with E-state index in [2.05, 4.69) is 34.6 Å². The Bertz CT molecular complexity index is 348. The highest BCUT2D eigenvalue weighted by Crippen LogP contribution is 2.73. The van der Waals surface area contributed by atoms with Crippen molar-refractivity contribution in [2.45, 2.75) is 72.3 Å². The quantitative estimate of drug-likeness (QED) is 0.693. The first kappa shape index (κ1) is 13.0. The van der Waals surface area contributed by atoms with E-state index in [1.807, 2.05) is 0 Å². The van der Waals surface area contributed by atoms with Gasteiger partial charge in [0.2, 0.25) is 0 Å². The summed E-state index contributed by atoms with van der Waals surface area (Å²) in [6, 6.07) is 0. The van der Waals surface area contributed by atoms with Crippen molar-refractivity contribution in [2.24, 2.45) is 28.6 Å². The number of ether oxygens (including phenoxy) is 1. The molecule has 2 bridgehead atoms. The van der Waals surface area contributed by atoms with Crippen molar-refractivity contribution in [2.75, 3.05) is 6.61 Å². The van der Waals surface area contributed by atoms with E-state index in [0.29, 0.717) is 10.8 Å². The van der Waals surface area contributed by atoms with Crippen molar-refractivity contribution in [3.63, 3.8) is 0 Å². The fraction of sp³-hybridized carbons (Fsp3) is 1.00. The molecule has 3 rings (SSSR count). The van der Waals surface area contributed by atoms with E-state index in [4.69, 9.17) is 4.74 Å². The zero-order valence-electron chi connectivity index (χ0n) is 12.9. The minimum Gasteiger partial charge on any atom is -0.375 e. The lowest BCUT2D eigenvalue weighted by Gasteiger charge is -2.47. The zero-order valence-corrected chi connectivity index (χ0v) is 12.9. The lowest BCUT2D eigenvalue weighted by molar-refractivity contribution is -0.119. The highest BCUT2D eigenvalue weighted by atomic mass is 16.5. The molecule has 0 unspecified atom stereocenters. The Morgan fingerprint density at radius 2 is 1.78 bits per heavy atom. The smallest absolute Gasteiger partial charge is 0.0688 e. The topological polar surface area (TPSA) is 9.23 Å². The van der Waals surface area contributed by atoms with Crippen molar-refractivity contribution in [1.29, 1.82) is 0 Å². The first-order chi connectivity index (χ1) is 8.37. The van der Waals surface area contributed by atoms with Crippen LogP contribution in [0.25, 0.3) is 0 Å². The van der Waals surface area contributed by atoms with E-state index >= 15 is 0 Å². The fourth-order valence-electron chi connectivity index (χ4n) is 6.36. The lowest BCUT2D eigenvalue weighted by Crippen LogP contribution is -2.46. The highest BCUT2D eigenvalue weighted by molar-refractivity contribution is 5.17. The van der Waals surface area contributed by atoms with E-state index in [0.717, 1.165) is 24.4 Å². The molecule has 3 fully saturated rings. The second-order valence-corrected chi connectivity index (χ2v) is 8.09. The van der Waals surface area contributed by atoms with Gasteiger partial charge in [0.25, 0.3) is 0 Å². The third-order valence-corrected chi connectivity index (χ3v) is 7.24. The van der Waals surface area contributed by atoms with Crippen LogP contribution in [-0.4, -0.2) is 12.2 Å². The molecule has 0 N–H and O–H groups in total. The molecule has 0 saturated heterocycles. The zero-order chi connectivity index (χ0) is 13.2. The monoisotopic (exact) mass is 250 g/mol. The molecule has 1 heteroatoms. The van der Waals surface area contributed by atoms with Crippen LogP contribution in [0.1, 0.15) is 66.7 Å². The molecule has 0 aromatic rings. The van der Waals surface area contributed by atoms with Crippen molar-refractivity contribution in [3.8, 4) is 0 Å². The summed E-state index contributed by atoms with van der Waals surface area (Å²) in [5.74, 6) is 2.66. The fourth-order valence-corrected chi connectivity index (χ4v) is 6.36. The van der Waals surface area contributed by atoms with Gasteiger partial charge in [0.15, 0.2) is 0 Å². The Balaban J connectivity index is 1.99. The van der Waals surface area contributed by atoms with Crippen LogP contribution >= 0.6 is 0 Å². The number of fused-ring (bicyclic) bond motifs is 1.